The van der Waals surface area contributed by atoms with Crippen LogP contribution in [0.1, 0.15) is 28.8 Å². The van der Waals surface area contributed by atoms with Gasteiger partial charge in [-0.25, -0.2) is 4.79 Å². The number of hydrogen-bond donors (Lipinski definition) is 1. The Bertz CT molecular complexity index is 577. The topological polar surface area (TPSA) is 57.6 Å². The maximum absolute atomic E-state index is 12.3. The van der Waals surface area contributed by atoms with Crippen molar-refractivity contribution < 1.29 is 14.7 Å². The van der Waals surface area contributed by atoms with Gasteiger partial charge in [0.2, 0.25) is 0 Å². The lowest BCUT2D eigenvalue weighted by Gasteiger charge is -2.21. The molecule has 1 heterocycles. The Morgan fingerprint density at radius 2 is 2.21 bits per heavy atom. The minimum atomic E-state index is -0.985. The Balaban J connectivity index is 2.27. The minimum absolute atomic E-state index is 0.256. The van der Waals surface area contributed by atoms with E-state index in [-0.39, 0.29) is 10.9 Å². The molecule has 0 aliphatic carbocycles. The van der Waals surface area contributed by atoms with Crippen molar-refractivity contribution in [1.29, 1.82) is 0 Å². The Morgan fingerprint density at radius 3 is 2.79 bits per heavy atom. The standard InChI is InChI=1S/C14H11ClNO3/c1-2-9-5-6-10(8-11(9)15)13(17)16-7-3-4-12(16)14(18)19/h5-6,8,12H,3-4,7H2,(H,18,19)/t12-/m1/s1. The summed E-state index contributed by atoms with van der Waals surface area (Å²) in [5, 5.41) is 9.32. The van der Waals surface area contributed by atoms with Gasteiger partial charge in [0.1, 0.15) is 6.04 Å². The number of carbonyl (C=O) groups is 2. The predicted octanol–water partition coefficient (Wildman–Crippen LogP) is 1.97. The number of rotatable bonds is 2. The van der Waals surface area contributed by atoms with Crippen LogP contribution in [-0.4, -0.2) is 34.5 Å². The van der Waals surface area contributed by atoms with Crippen LogP contribution in [0.25, 0.3) is 0 Å². The molecule has 1 amide bonds. The first-order valence-corrected chi connectivity index (χ1v) is 6.18. The fourth-order valence-electron chi connectivity index (χ4n) is 2.18. The van der Waals surface area contributed by atoms with Gasteiger partial charge >= 0.3 is 5.97 Å². The van der Waals surface area contributed by atoms with E-state index in [0.29, 0.717) is 30.5 Å². The fourth-order valence-corrected chi connectivity index (χ4v) is 2.41. The molecule has 1 aromatic carbocycles. The monoisotopic (exact) mass is 276 g/mol. The van der Waals surface area contributed by atoms with Crippen molar-refractivity contribution >= 4 is 23.5 Å². The third-order valence-electron chi connectivity index (χ3n) is 3.15. The third kappa shape index (κ3) is 2.56. The van der Waals surface area contributed by atoms with Crippen LogP contribution < -0.4 is 0 Å². The number of halogens is 1. The second kappa shape index (κ2) is 5.33. The number of carboxylic acid groups (broad SMARTS) is 1. The van der Waals surface area contributed by atoms with E-state index in [1.807, 2.05) is 0 Å². The molecule has 5 heteroatoms. The number of hydrogen-bond acceptors (Lipinski definition) is 2. The SMILES string of the molecule is [C]#Cc1ccc(C(=O)N2CCC[C@@H]2C(=O)O)cc1Cl. The fraction of sp³-hybridized carbons (Fsp3) is 0.286. The van der Waals surface area contributed by atoms with Gasteiger partial charge in [0.05, 0.1) is 5.02 Å². The normalized spacial score (nSPS) is 18.1. The van der Waals surface area contributed by atoms with Gasteiger partial charge in [-0.2, -0.15) is 0 Å². The summed E-state index contributed by atoms with van der Waals surface area (Å²) < 4.78 is 0. The van der Waals surface area contributed by atoms with Crippen molar-refractivity contribution in [3.05, 3.63) is 40.8 Å². The summed E-state index contributed by atoms with van der Waals surface area (Å²) in [6.07, 6.45) is 8.17. The molecule has 0 unspecified atom stereocenters. The van der Waals surface area contributed by atoms with E-state index < -0.39 is 12.0 Å². The summed E-state index contributed by atoms with van der Waals surface area (Å²) in [7, 11) is 0. The summed E-state index contributed by atoms with van der Waals surface area (Å²) >= 11 is 5.91. The van der Waals surface area contributed by atoms with Crippen LogP contribution in [0.4, 0.5) is 0 Å². The molecule has 19 heavy (non-hydrogen) atoms. The highest BCUT2D eigenvalue weighted by Crippen LogP contribution is 2.23. The number of carbonyl (C=O) groups excluding carboxylic acids is 1. The van der Waals surface area contributed by atoms with Gasteiger partial charge in [-0.3, -0.25) is 4.79 Å². The van der Waals surface area contributed by atoms with Crippen LogP contribution in [0.2, 0.25) is 5.02 Å². The van der Waals surface area contributed by atoms with Crippen LogP contribution in [0.15, 0.2) is 18.2 Å². The molecule has 1 aliphatic rings. The molecule has 1 fully saturated rings. The molecule has 1 radical (unpaired) electrons. The highest BCUT2D eigenvalue weighted by atomic mass is 35.5. The summed E-state index contributed by atoms with van der Waals surface area (Å²) in [4.78, 5) is 24.7. The number of benzene rings is 1. The van der Waals surface area contributed by atoms with E-state index >= 15 is 0 Å². The molecule has 2 rings (SSSR count). The molecule has 0 spiro atoms. The number of likely N-dealkylation sites (tertiary alicyclic amines) is 1. The lowest BCUT2D eigenvalue weighted by Crippen LogP contribution is -2.40. The molecule has 0 bridgehead atoms. The summed E-state index contributed by atoms with van der Waals surface area (Å²) in [6, 6.07) is 3.73. The smallest absolute Gasteiger partial charge is 0.326 e. The highest BCUT2D eigenvalue weighted by Gasteiger charge is 2.34. The maximum Gasteiger partial charge on any atom is 0.326 e. The molecule has 1 N–H and O–H groups in total. The van der Waals surface area contributed by atoms with Crippen molar-refractivity contribution in [3.63, 3.8) is 0 Å². The molecule has 1 aromatic rings. The zero-order valence-corrected chi connectivity index (χ0v) is 10.8. The van der Waals surface area contributed by atoms with Crippen LogP contribution in [0, 0.1) is 12.3 Å². The van der Waals surface area contributed by atoms with Gasteiger partial charge in [-0.05, 0) is 37.5 Å². The van der Waals surface area contributed by atoms with Crippen LogP contribution in [-0.2, 0) is 4.79 Å². The molecule has 0 aromatic heterocycles. The lowest BCUT2D eigenvalue weighted by atomic mass is 10.1. The Morgan fingerprint density at radius 1 is 1.47 bits per heavy atom. The molecule has 97 valence electrons. The van der Waals surface area contributed by atoms with Crippen molar-refractivity contribution in [2.24, 2.45) is 0 Å². The largest absolute Gasteiger partial charge is 0.480 e. The highest BCUT2D eigenvalue weighted by molar-refractivity contribution is 6.32. The van der Waals surface area contributed by atoms with Crippen molar-refractivity contribution in [2.75, 3.05) is 6.54 Å². The van der Waals surface area contributed by atoms with Crippen LogP contribution in [0.3, 0.4) is 0 Å². The average molecular weight is 277 g/mol. The summed E-state index contributed by atoms with van der Waals surface area (Å²) in [6.45, 7) is 0.436. The maximum atomic E-state index is 12.3. The van der Waals surface area contributed by atoms with Gasteiger partial charge in [0.15, 0.2) is 0 Å². The van der Waals surface area contributed by atoms with Crippen LogP contribution in [0.5, 0.6) is 0 Å². The first-order valence-electron chi connectivity index (χ1n) is 5.80. The number of amides is 1. The zero-order valence-electron chi connectivity index (χ0n) is 10.0. The van der Waals surface area contributed by atoms with Crippen LogP contribution >= 0.6 is 11.6 Å². The summed E-state index contributed by atoms with van der Waals surface area (Å²) in [5.41, 5.74) is 0.728. The Hall–Kier alpha value is -1.99. The zero-order chi connectivity index (χ0) is 14.0. The van der Waals surface area contributed by atoms with Crippen molar-refractivity contribution in [1.82, 2.24) is 4.90 Å². The molecule has 1 aliphatic heterocycles. The quantitative estimate of drug-likeness (QED) is 0.840. The van der Waals surface area contributed by atoms with E-state index in [4.69, 9.17) is 23.1 Å². The van der Waals surface area contributed by atoms with Gasteiger partial charge in [0.25, 0.3) is 5.91 Å². The van der Waals surface area contributed by atoms with Gasteiger partial charge in [-0.15, -0.1) is 0 Å². The Kier molecular flexibility index (Phi) is 3.77. The Labute approximate surface area is 116 Å². The third-order valence-corrected chi connectivity index (χ3v) is 3.46. The molecular weight excluding hydrogens is 266 g/mol. The van der Waals surface area contributed by atoms with Gasteiger partial charge in [0, 0.05) is 17.7 Å². The molecule has 4 nitrogen and oxygen atoms in total. The number of nitrogens with zero attached hydrogens (tertiary/aromatic N) is 1. The first-order chi connectivity index (χ1) is 9.04. The van der Waals surface area contributed by atoms with Gasteiger partial charge in [-0.1, -0.05) is 17.5 Å². The van der Waals surface area contributed by atoms with Crippen molar-refractivity contribution in [3.8, 4) is 5.92 Å². The average Bonchev–Trinajstić information content (AvgIpc) is 2.87. The number of carboxylic acids is 1. The first kappa shape index (κ1) is 13.4. The molecule has 1 saturated heterocycles. The van der Waals surface area contributed by atoms with E-state index in [0.717, 1.165) is 0 Å². The van der Waals surface area contributed by atoms with E-state index in [2.05, 4.69) is 5.92 Å². The predicted molar refractivity (Wildman–Crippen MR) is 69.4 cm³/mol. The second-order valence-electron chi connectivity index (χ2n) is 4.31. The molecule has 1 atom stereocenters. The van der Waals surface area contributed by atoms with E-state index in [9.17, 15) is 9.59 Å². The van der Waals surface area contributed by atoms with Gasteiger partial charge < -0.3 is 10.0 Å². The van der Waals surface area contributed by atoms with E-state index in [1.54, 1.807) is 0 Å². The summed E-state index contributed by atoms with van der Waals surface area (Å²) in [5.74, 6) is 0.828. The minimum Gasteiger partial charge on any atom is -0.480 e. The lowest BCUT2D eigenvalue weighted by molar-refractivity contribution is -0.141. The van der Waals surface area contributed by atoms with E-state index in [1.165, 1.54) is 23.1 Å². The number of aliphatic carboxylic acids is 1. The van der Waals surface area contributed by atoms with Crippen molar-refractivity contribution in [2.45, 2.75) is 18.9 Å². The molecular formula is C14H11ClNO3. The molecule has 0 saturated carbocycles. The second-order valence-corrected chi connectivity index (χ2v) is 4.72.